The van der Waals surface area contributed by atoms with Gasteiger partial charge in [-0.05, 0) is 6.07 Å². The summed E-state index contributed by atoms with van der Waals surface area (Å²) in [6, 6.07) is 2.77. The Morgan fingerprint density at radius 3 is 2.40 bits per heavy atom. The minimum atomic E-state index is -4.45. The van der Waals surface area contributed by atoms with Crippen molar-refractivity contribution in [3.8, 4) is 5.95 Å². The summed E-state index contributed by atoms with van der Waals surface area (Å²) in [5, 5.41) is 7.60. The first kappa shape index (κ1) is 13.4. The molecule has 1 aromatic heterocycles. The first-order chi connectivity index (χ1) is 6.85. The summed E-state index contributed by atoms with van der Waals surface area (Å²) < 4.78 is 18.6. The SMILES string of the molecule is C=CC(=O)O.O=P(O)(O)Oc1ccco1. The van der Waals surface area contributed by atoms with Crippen LogP contribution in [0.5, 0.6) is 5.95 Å². The summed E-state index contributed by atoms with van der Waals surface area (Å²) >= 11 is 0. The lowest BCUT2D eigenvalue weighted by Gasteiger charge is -2.00. The second-order valence-corrected chi connectivity index (χ2v) is 3.22. The van der Waals surface area contributed by atoms with E-state index in [4.69, 9.17) is 14.9 Å². The average molecular weight is 236 g/mol. The maximum Gasteiger partial charge on any atom is 0.527 e. The minimum Gasteiger partial charge on any atom is -0.478 e. The van der Waals surface area contributed by atoms with E-state index in [2.05, 4.69) is 15.5 Å². The molecule has 0 fully saturated rings. The van der Waals surface area contributed by atoms with Crippen LogP contribution in [-0.4, -0.2) is 20.9 Å². The largest absolute Gasteiger partial charge is 0.527 e. The predicted molar refractivity (Wildman–Crippen MR) is 49.2 cm³/mol. The second-order valence-electron chi connectivity index (χ2n) is 2.06. The van der Waals surface area contributed by atoms with Crippen LogP contribution in [-0.2, 0) is 9.36 Å². The van der Waals surface area contributed by atoms with Crippen molar-refractivity contribution < 1.29 is 33.2 Å². The Balaban J connectivity index is 0.000000336. The predicted octanol–water partition coefficient (Wildman–Crippen LogP) is 1.01. The van der Waals surface area contributed by atoms with Gasteiger partial charge in [0, 0.05) is 12.1 Å². The summed E-state index contributed by atoms with van der Waals surface area (Å²) in [5.74, 6) is -1.17. The van der Waals surface area contributed by atoms with Crippen molar-refractivity contribution in [3.05, 3.63) is 31.1 Å². The molecule has 0 aliphatic heterocycles. The molecule has 0 spiro atoms. The van der Waals surface area contributed by atoms with E-state index >= 15 is 0 Å². The number of phosphoric acid groups is 1. The fourth-order valence-corrected chi connectivity index (χ4v) is 0.771. The van der Waals surface area contributed by atoms with E-state index in [0.29, 0.717) is 0 Å². The lowest BCUT2D eigenvalue weighted by atomic mass is 10.7. The van der Waals surface area contributed by atoms with Gasteiger partial charge in [0.1, 0.15) is 0 Å². The zero-order valence-electron chi connectivity index (χ0n) is 7.44. The Morgan fingerprint density at radius 1 is 1.60 bits per heavy atom. The zero-order chi connectivity index (χ0) is 11.9. The van der Waals surface area contributed by atoms with Gasteiger partial charge in [-0.3, -0.25) is 9.79 Å². The van der Waals surface area contributed by atoms with Gasteiger partial charge >= 0.3 is 13.8 Å². The van der Waals surface area contributed by atoms with Gasteiger partial charge in [-0.2, -0.15) is 0 Å². The van der Waals surface area contributed by atoms with Crippen molar-refractivity contribution in [1.29, 1.82) is 0 Å². The Morgan fingerprint density at radius 2 is 2.13 bits per heavy atom. The highest BCUT2D eigenvalue weighted by Gasteiger charge is 2.16. The molecular weight excluding hydrogens is 227 g/mol. The molecule has 3 N–H and O–H groups in total. The summed E-state index contributed by atoms with van der Waals surface area (Å²) in [6.07, 6.45) is 2.09. The van der Waals surface area contributed by atoms with E-state index in [9.17, 15) is 9.36 Å². The smallest absolute Gasteiger partial charge is 0.478 e. The Hall–Kier alpha value is -1.56. The van der Waals surface area contributed by atoms with Gasteiger partial charge < -0.3 is 14.0 Å². The number of aliphatic carboxylic acids is 1. The molecule has 0 amide bonds. The van der Waals surface area contributed by atoms with Crippen LogP contribution in [0.1, 0.15) is 0 Å². The van der Waals surface area contributed by atoms with Crippen LogP contribution in [0.15, 0.2) is 35.5 Å². The topological polar surface area (TPSA) is 117 Å². The molecule has 8 heteroatoms. The Labute approximate surface area is 84.8 Å². The van der Waals surface area contributed by atoms with Gasteiger partial charge in [-0.25, -0.2) is 9.36 Å². The fraction of sp³-hybridized carbons (Fsp3) is 0. The van der Waals surface area contributed by atoms with E-state index in [-0.39, 0.29) is 5.95 Å². The standard InChI is InChI=1S/C4H5O5P.C3H4O2/c5-10(6,7)9-4-2-1-3-8-4;1-2-3(4)5/h1-3H,(H2,5,6,7);2H,1H2,(H,4,5). The number of phosphoric ester groups is 1. The number of rotatable bonds is 3. The molecule has 15 heavy (non-hydrogen) atoms. The van der Waals surface area contributed by atoms with E-state index in [1.54, 1.807) is 0 Å². The van der Waals surface area contributed by atoms with Crippen LogP contribution < -0.4 is 4.52 Å². The average Bonchev–Trinajstić information content (AvgIpc) is 2.55. The van der Waals surface area contributed by atoms with E-state index in [1.165, 1.54) is 18.4 Å². The van der Waals surface area contributed by atoms with Crippen LogP contribution in [0, 0.1) is 0 Å². The van der Waals surface area contributed by atoms with Crippen molar-refractivity contribution in [1.82, 2.24) is 0 Å². The maximum absolute atomic E-state index is 10.1. The molecule has 1 heterocycles. The molecule has 84 valence electrons. The van der Waals surface area contributed by atoms with Gasteiger partial charge in [0.2, 0.25) is 0 Å². The number of carboxylic acid groups (broad SMARTS) is 1. The lowest BCUT2D eigenvalue weighted by molar-refractivity contribution is -0.131. The van der Waals surface area contributed by atoms with Gasteiger partial charge in [-0.1, -0.05) is 6.58 Å². The molecule has 7 nitrogen and oxygen atoms in total. The number of hydrogen-bond acceptors (Lipinski definition) is 4. The molecule has 1 rings (SSSR count). The van der Waals surface area contributed by atoms with Crippen molar-refractivity contribution >= 4 is 13.8 Å². The molecule has 0 saturated heterocycles. The van der Waals surface area contributed by atoms with Crippen molar-refractivity contribution in [2.45, 2.75) is 0 Å². The molecule has 0 unspecified atom stereocenters. The quantitative estimate of drug-likeness (QED) is 0.529. The van der Waals surface area contributed by atoms with Crippen molar-refractivity contribution in [3.63, 3.8) is 0 Å². The highest BCUT2D eigenvalue weighted by atomic mass is 31.2. The summed E-state index contributed by atoms with van der Waals surface area (Å²) in [5.41, 5.74) is 0. The third-order valence-electron chi connectivity index (χ3n) is 0.879. The number of hydrogen-bond donors (Lipinski definition) is 3. The highest BCUT2D eigenvalue weighted by Crippen LogP contribution is 2.37. The molecule has 0 saturated carbocycles. The number of carbonyl (C=O) groups is 1. The van der Waals surface area contributed by atoms with Crippen molar-refractivity contribution in [2.24, 2.45) is 0 Å². The Bertz CT molecular complexity index is 349. The van der Waals surface area contributed by atoms with Gasteiger partial charge in [-0.15, -0.1) is 0 Å². The van der Waals surface area contributed by atoms with Crippen molar-refractivity contribution in [2.75, 3.05) is 0 Å². The second kappa shape index (κ2) is 6.02. The van der Waals surface area contributed by atoms with Gasteiger partial charge in [0.15, 0.2) is 0 Å². The summed E-state index contributed by atoms with van der Waals surface area (Å²) in [4.78, 5) is 25.7. The first-order valence-corrected chi connectivity index (χ1v) is 5.02. The zero-order valence-corrected chi connectivity index (χ0v) is 8.33. The van der Waals surface area contributed by atoms with E-state index < -0.39 is 13.8 Å². The molecule has 0 atom stereocenters. The van der Waals surface area contributed by atoms with E-state index in [1.807, 2.05) is 0 Å². The third kappa shape index (κ3) is 8.76. The normalized spacial score (nSPS) is 9.73. The van der Waals surface area contributed by atoms with Crippen LogP contribution in [0.2, 0.25) is 0 Å². The monoisotopic (exact) mass is 236 g/mol. The van der Waals surface area contributed by atoms with Crippen LogP contribution >= 0.6 is 7.82 Å². The fourth-order valence-electron chi connectivity index (χ4n) is 0.433. The summed E-state index contributed by atoms with van der Waals surface area (Å²) in [7, 11) is -4.45. The first-order valence-electron chi connectivity index (χ1n) is 3.49. The highest BCUT2D eigenvalue weighted by molar-refractivity contribution is 7.46. The lowest BCUT2D eigenvalue weighted by Crippen LogP contribution is -1.87. The van der Waals surface area contributed by atoms with Crippen LogP contribution in [0.3, 0.4) is 0 Å². The summed E-state index contributed by atoms with van der Waals surface area (Å²) in [6.45, 7) is 2.96. The third-order valence-corrected chi connectivity index (χ3v) is 1.30. The van der Waals surface area contributed by atoms with Crippen LogP contribution in [0.4, 0.5) is 0 Å². The molecular formula is C7H9O7P. The number of furan rings is 1. The van der Waals surface area contributed by atoms with Crippen LogP contribution in [0.25, 0.3) is 0 Å². The van der Waals surface area contributed by atoms with Gasteiger partial charge in [0.05, 0.1) is 6.26 Å². The minimum absolute atomic E-state index is 0.187. The maximum atomic E-state index is 10.1. The number of carboxylic acids is 1. The molecule has 1 aromatic rings. The molecule has 0 aliphatic rings. The molecule has 0 radical (unpaired) electrons. The Kier molecular flexibility index (Phi) is 5.40. The molecule has 0 aromatic carbocycles. The molecule has 0 bridgehead atoms. The van der Waals surface area contributed by atoms with Gasteiger partial charge in [0.25, 0.3) is 5.95 Å². The molecule has 0 aliphatic carbocycles. The van der Waals surface area contributed by atoms with E-state index in [0.717, 1.165) is 6.08 Å².